The van der Waals surface area contributed by atoms with Crippen LogP contribution < -0.4 is 0 Å². The second-order valence-corrected chi connectivity index (χ2v) is 5.68. The van der Waals surface area contributed by atoms with Crippen LogP contribution in [0.25, 0.3) is 0 Å². The van der Waals surface area contributed by atoms with Crippen LogP contribution in [0.3, 0.4) is 0 Å². The van der Waals surface area contributed by atoms with E-state index in [1.54, 1.807) is 0 Å². The topological polar surface area (TPSA) is 88.1 Å². The van der Waals surface area contributed by atoms with Gasteiger partial charge in [-0.05, 0) is 0 Å². The minimum absolute atomic E-state index is 0.111. The largest absolute Gasteiger partial charge is 0.457 e. The molecule has 17 heavy (non-hydrogen) atoms. The van der Waals surface area contributed by atoms with E-state index >= 15 is 0 Å². The highest BCUT2D eigenvalue weighted by Gasteiger charge is 2.50. The normalized spacial score (nSPS) is 36.8. The Balaban J connectivity index is 1.99. The third kappa shape index (κ3) is 2.95. The van der Waals surface area contributed by atoms with E-state index in [9.17, 15) is 13.2 Å². The van der Waals surface area contributed by atoms with Crippen LogP contribution in [-0.4, -0.2) is 58.3 Å². The standard InChI is InChI=1S/C9H14O7S/c1-5(10)15-6-3-13-9-7(4-14-8(6)9)16-17(2,11)12/h6-9H,3-4H2,1-2H3/t6-,7-,8-,9-/m1/s1. The van der Waals surface area contributed by atoms with Gasteiger partial charge in [-0.2, -0.15) is 8.42 Å². The molecule has 0 amide bonds. The summed E-state index contributed by atoms with van der Waals surface area (Å²) < 4.78 is 42.6. The van der Waals surface area contributed by atoms with Gasteiger partial charge in [-0.25, -0.2) is 0 Å². The fraction of sp³-hybridized carbons (Fsp3) is 0.889. The van der Waals surface area contributed by atoms with Crippen molar-refractivity contribution in [3.63, 3.8) is 0 Å². The molecule has 8 heteroatoms. The summed E-state index contributed by atoms with van der Waals surface area (Å²) >= 11 is 0. The van der Waals surface area contributed by atoms with Crippen LogP contribution in [0.5, 0.6) is 0 Å². The second-order valence-electron chi connectivity index (χ2n) is 4.08. The number of esters is 1. The molecule has 2 aliphatic heterocycles. The van der Waals surface area contributed by atoms with E-state index in [-0.39, 0.29) is 13.2 Å². The molecule has 0 aliphatic carbocycles. The number of carbonyl (C=O) groups excluding carboxylic acids is 1. The molecule has 0 N–H and O–H groups in total. The van der Waals surface area contributed by atoms with Gasteiger partial charge in [0.25, 0.3) is 10.1 Å². The first-order chi connectivity index (χ1) is 7.87. The van der Waals surface area contributed by atoms with E-state index < -0.39 is 40.5 Å². The maximum absolute atomic E-state index is 11.0. The van der Waals surface area contributed by atoms with Crippen molar-refractivity contribution in [2.24, 2.45) is 0 Å². The van der Waals surface area contributed by atoms with Gasteiger partial charge in [0, 0.05) is 6.92 Å². The van der Waals surface area contributed by atoms with Gasteiger partial charge in [-0.3, -0.25) is 8.98 Å². The summed E-state index contributed by atoms with van der Waals surface area (Å²) in [4.78, 5) is 10.8. The van der Waals surface area contributed by atoms with Gasteiger partial charge in [0.15, 0.2) is 6.10 Å². The first-order valence-corrected chi connectivity index (χ1v) is 6.97. The molecule has 0 aromatic carbocycles. The molecule has 2 heterocycles. The van der Waals surface area contributed by atoms with Gasteiger partial charge in [-0.15, -0.1) is 0 Å². The molecule has 2 fully saturated rings. The van der Waals surface area contributed by atoms with Gasteiger partial charge in [0.05, 0.1) is 19.5 Å². The highest BCUT2D eigenvalue weighted by molar-refractivity contribution is 7.86. The van der Waals surface area contributed by atoms with Crippen molar-refractivity contribution >= 4 is 16.1 Å². The summed E-state index contributed by atoms with van der Waals surface area (Å²) in [6.45, 7) is 1.60. The van der Waals surface area contributed by atoms with E-state index in [1.165, 1.54) is 6.92 Å². The molecular formula is C9H14O7S. The molecule has 0 bridgehead atoms. The average Bonchev–Trinajstić information content (AvgIpc) is 2.68. The Morgan fingerprint density at radius 2 is 1.71 bits per heavy atom. The lowest BCUT2D eigenvalue weighted by Gasteiger charge is -2.15. The van der Waals surface area contributed by atoms with Gasteiger partial charge < -0.3 is 14.2 Å². The predicted octanol–water partition coefficient (Wildman–Crippen LogP) is -0.939. The average molecular weight is 266 g/mol. The smallest absolute Gasteiger partial charge is 0.303 e. The number of ether oxygens (including phenoxy) is 3. The van der Waals surface area contributed by atoms with Crippen molar-refractivity contribution in [2.45, 2.75) is 31.3 Å². The monoisotopic (exact) mass is 266 g/mol. The Labute approximate surface area is 99.1 Å². The highest BCUT2D eigenvalue weighted by atomic mass is 32.2. The summed E-state index contributed by atoms with van der Waals surface area (Å²) in [6, 6.07) is 0. The molecule has 2 saturated heterocycles. The molecule has 4 atom stereocenters. The van der Waals surface area contributed by atoms with Gasteiger partial charge in [-0.1, -0.05) is 0 Å². The van der Waals surface area contributed by atoms with Crippen LogP contribution in [0.4, 0.5) is 0 Å². The van der Waals surface area contributed by atoms with Crippen LogP contribution >= 0.6 is 0 Å². The molecule has 0 spiro atoms. The van der Waals surface area contributed by atoms with Crippen molar-refractivity contribution in [3.05, 3.63) is 0 Å². The molecule has 0 radical (unpaired) electrons. The Bertz CT molecular complexity index is 404. The number of carbonyl (C=O) groups is 1. The molecule has 7 nitrogen and oxygen atoms in total. The Morgan fingerprint density at radius 3 is 2.24 bits per heavy atom. The summed E-state index contributed by atoms with van der Waals surface area (Å²) in [7, 11) is -3.55. The maximum Gasteiger partial charge on any atom is 0.303 e. The van der Waals surface area contributed by atoms with Crippen LogP contribution in [0.2, 0.25) is 0 Å². The van der Waals surface area contributed by atoms with Crippen LogP contribution in [-0.2, 0) is 33.3 Å². The summed E-state index contributed by atoms with van der Waals surface area (Å²) in [5, 5.41) is 0. The summed E-state index contributed by atoms with van der Waals surface area (Å²) in [5.41, 5.74) is 0. The fourth-order valence-corrected chi connectivity index (χ4v) is 2.66. The molecule has 2 aliphatic rings. The van der Waals surface area contributed by atoms with E-state index in [4.69, 9.17) is 18.4 Å². The Hall–Kier alpha value is -0.700. The van der Waals surface area contributed by atoms with Gasteiger partial charge in [0.2, 0.25) is 0 Å². The van der Waals surface area contributed by atoms with E-state index in [2.05, 4.69) is 0 Å². The number of fused-ring (bicyclic) bond motifs is 1. The Morgan fingerprint density at radius 1 is 1.18 bits per heavy atom. The lowest BCUT2D eigenvalue weighted by Crippen LogP contribution is -2.35. The van der Waals surface area contributed by atoms with Crippen molar-refractivity contribution in [3.8, 4) is 0 Å². The third-order valence-electron chi connectivity index (χ3n) is 2.58. The maximum atomic E-state index is 11.0. The number of hydrogen-bond donors (Lipinski definition) is 0. The minimum Gasteiger partial charge on any atom is -0.457 e. The predicted molar refractivity (Wildman–Crippen MR) is 54.8 cm³/mol. The molecule has 0 aromatic heterocycles. The molecule has 2 rings (SSSR count). The van der Waals surface area contributed by atoms with Crippen molar-refractivity contribution < 1.29 is 31.6 Å². The first-order valence-electron chi connectivity index (χ1n) is 5.15. The Kier molecular flexibility index (Phi) is 3.39. The quantitative estimate of drug-likeness (QED) is 0.481. The summed E-state index contributed by atoms with van der Waals surface area (Å²) in [6.07, 6.45) is -1.15. The first kappa shape index (κ1) is 12.7. The minimum atomic E-state index is -3.55. The lowest BCUT2D eigenvalue weighted by molar-refractivity contribution is -0.150. The van der Waals surface area contributed by atoms with Crippen molar-refractivity contribution in [1.82, 2.24) is 0 Å². The molecular weight excluding hydrogens is 252 g/mol. The van der Waals surface area contributed by atoms with Crippen LogP contribution in [0.1, 0.15) is 6.92 Å². The van der Waals surface area contributed by atoms with E-state index in [1.807, 2.05) is 0 Å². The van der Waals surface area contributed by atoms with Gasteiger partial charge in [0.1, 0.15) is 18.3 Å². The van der Waals surface area contributed by atoms with Crippen molar-refractivity contribution in [1.29, 1.82) is 0 Å². The SMILES string of the molecule is CC(=O)O[C@@H]1CO[C@H]2[C@@H]1OC[C@H]2OS(C)(=O)=O. The summed E-state index contributed by atoms with van der Waals surface area (Å²) in [5.74, 6) is -0.421. The van der Waals surface area contributed by atoms with E-state index in [0.29, 0.717) is 0 Å². The number of hydrogen-bond acceptors (Lipinski definition) is 7. The highest BCUT2D eigenvalue weighted by Crippen LogP contribution is 2.31. The zero-order valence-corrected chi connectivity index (χ0v) is 10.3. The zero-order chi connectivity index (χ0) is 12.6. The van der Waals surface area contributed by atoms with E-state index in [0.717, 1.165) is 6.26 Å². The van der Waals surface area contributed by atoms with Crippen LogP contribution in [0.15, 0.2) is 0 Å². The molecule has 0 saturated carbocycles. The second kappa shape index (κ2) is 4.52. The fourth-order valence-electron chi connectivity index (χ4n) is 2.05. The zero-order valence-electron chi connectivity index (χ0n) is 9.49. The van der Waals surface area contributed by atoms with Crippen molar-refractivity contribution in [2.75, 3.05) is 19.5 Å². The molecule has 0 unspecified atom stereocenters. The van der Waals surface area contributed by atoms with Gasteiger partial charge >= 0.3 is 5.97 Å². The molecule has 0 aromatic rings. The number of rotatable bonds is 3. The third-order valence-corrected chi connectivity index (χ3v) is 3.18. The van der Waals surface area contributed by atoms with Crippen LogP contribution in [0, 0.1) is 0 Å². The lowest BCUT2D eigenvalue weighted by atomic mass is 10.1. The molecule has 98 valence electrons.